The van der Waals surface area contributed by atoms with Gasteiger partial charge in [0, 0.05) is 0 Å². The fraction of sp³-hybridized carbons (Fsp3) is 0.364. The second kappa shape index (κ2) is 3.52. The molecule has 4 nitrogen and oxygen atoms in total. The Morgan fingerprint density at radius 1 is 1.31 bits per heavy atom. The van der Waals surface area contributed by atoms with Gasteiger partial charge in [-0.15, -0.1) is 0 Å². The minimum atomic E-state index is -1.53. The van der Waals surface area contributed by atoms with Crippen molar-refractivity contribution >= 4 is 24.4 Å². The van der Waals surface area contributed by atoms with Gasteiger partial charge in [-0.3, -0.25) is 4.98 Å². The van der Waals surface area contributed by atoms with Crippen LogP contribution in [-0.4, -0.2) is 20.2 Å². The summed E-state index contributed by atoms with van der Waals surface area (Å²) in [6.45, 7) is 6.63. The largest absolute Gasteiger partial charge is 0.494 e. The minimum absolute atomic E-state index is 0.431. The van der Waals surface area contributed by atoms with Gasteiger partial charge in [-0.25, -0.2) is 4.79 Å². The summed E-state index contributed by atoms with van der Waals surface area (Å²) in [4.78, 5) is 13.9. The summed E-state index contributed by atoms with van der Waals surface area (Å²) < 4.78 is 10.4. The van der Waals surface area contributed by atoms with Crippen molar-refractivity contribution in [2.24, 2.45) is 0 Å². The number of nitrogens with one attached hydrogen (secondary N) is 1. The van der Waals surface area contributed by atoms with Gasteiger partial charge in [-0.05, 0) is 11.3 Å². The first kappa shape index (κ1) is 11.0. The minimum Gasteiger partial charge on any atom is -0.494 e. The van der Waals surface area contributed by atoms with Gasteiger partial charge in [0.2, 0.25) is 0 Å². The summed E-state index contributed by atoms with van der Waals surface area (Å²) in [7, 11) is 0.0494. The van der Waals surface area contributed by atoms with E-state index in [4.69, 9.17) is 9.15 Å². The smallest absolute Gasteiger partial charge is 0.417 e. The molecule has 0 spiro atoms. The molecule has 0 aliphatic carbocycles. The number of aromatic nitrogens is 1. The normalized spacial score (nSPS) is 12.0. The van der Waals surface area contributed by atoms with E-state index in [2.05, 4.69) is 24.6 Å². The molecule has 0 fully saturated rings. The lowest BCUT2D eigenvalue weighted by Crippen LogP contribution is -2.37. The predicted molar refractivity (Wildman–Crippen MR) is 66.4 cm³/mol. The first-order valence-corrected chi connectivity index (χ1v) is 8.64. The highest BCUT2D eigenvalue weighted by Gasteiger charge is 2.23. The molecule has 2 rings (SSSR count). The molecule has 0 unspecified atom stereocenters. The highest BCUT2D eigenvalue weighted by molar-refractivity contribution is 6.90. The maximum Gasteiger partial charge on any atom is 0.417 e. The first-order valence-electron chi connectivity index (χ1n) is 5.14. The monoisotopic (exact) mass is 237 g/mol. The van der Waals surface area contributed by atoms with Gasteiger partial charge < -0.3 is 9.15 Å². The molecule has 0 saturated heterocycles. The first-order chi connectivity index (χ1) is 7.43. The Balaban J connectivity index is 2.84. The van der Waals surface area contributed by atoms with Crippen molar-refractivity contribution in [1.82, 2.24) is 4.98 Å². The van der Waals surface area contributed by atoms with Crippen LogP contribution in [0.5, 0.6) is 5.75 Å². The summed E-state index contributed by atoms with van der Waals surface area (Å²) >= 11 is 0. The third-order valence-electron chi connectivity index (χ3n) is 2.57. The van der Waals surface area contributed by atoms with Crippen molar-refractivity contribution in [1.29, 1.82) is 0 Å². The molecule has 1 aromatic carbocycles. The van der Waals surface area contributed by atoms with Gasteiger partial charge in [0.25, 0.3) is 0 Å². The van der Waals surface area contributed by atoms with Crippen LogP contribution in [0.3, 0.4) is 0 Å². The molecular weight excluding hydrogens is 222 g/mol. The molecule has 0 aliphatic rings. The molecule has 0 amide bonds. The number of benzene rings is 1. The lowest BCUT2D eigenvalue weighted by atomic mass is 10.3. The SMILES string of the molecule is COc1ccc([Si](C)(C)C)c2oc(=O)[nH]c12. The Kier molecular flexibility index (Phi) is 2.42. The van der Waals surface area contributed by atoms with Gasteiger partial charge in [0.15, 0.2) is 5.58 Å². The molecule has 0 atom stereocenters. The van der Waals surface area contributed by atoms with Gasteiger partial charge in [-0.2, -0.15) is 0 Å². The number of hydrogen-bond acceptors (Lipinski definition) is 3. The average Bonchev–Trinajstić information content (AvgIpc) is 2.55. The fourth-order valence-electron chi connectivity index (χ4n) is 1.77. The second-order valence-electron chi connectivity index (χ2n) is 4.78. The zero-order chi connectivity index (χ0) is 11.9. The summed E-state index contributed by atoms with van der Waals surface area (Å²) in [6.07, 6.45) is 0. The van der Waals surface area contributed by atoms with Crippen molar-refractivity contribution < 1.29 is 9.15 Å². The summed E-state index contributed by atoms with van der Waals surface area (Å²) in [5.41, 5.74) is 1.30. The topological polar surface area (TPSA) is 55.2 Å². The van der Waals surface area contributed by atoms with Gasteiger partial charge in [0.05, 0.1) is 15.2 Å². The Labute approximate surface area is 94.2 Å². The van der Waals surface area contributed by atoms with Gasteiger partial charge >= 0.3 is 5.76 Å². The summed E-state index contributed by atoms with van der Waals surface area (Å²) in [6, 6.07) is 3.87. The standard InChI is InChI=1S/C11H15NO3Si/c1-14-7-5-6-8(16(2,3)4)10-9(7)12-11(13)15-10/h5-6H,1-4H3,(H,12,13). The van der Waals surface area contributed by atoms with Crippen LogP contribution in [0, 0.1) is 0 Å². The summed E-state index contributed by atoms with van der Waals surface area (Å²) in [5.74, 6) is 0.210. The van der Waals surface area contributed by atoms with Crippen molar-refractivity contribution in [2.75, 3.05) is 7.11 Å². The van der Waals surface area contributed by atoms with E-state index in [9.17, 15) is 4.79 Å². The number of aromatic amines is 1. The quantitative estimate of drug-likeness (QED) is 0.808. The highest BCUT2D eigenvalue weighted by Crippen LogP contribution is 2.22. The van der Waals surface area contributed by atoms with E-state index < -0.39 is 13.8 Å². The Morgan fingerprint density at radius 2 is 2.00 bits per heavy atom. The fourth-order valence-corrected chi connectivity index (χ4v) is 3.21. The van der Waals surface area contributed by atoms with Crippen molar-refractivity contribution in [3.8, 4) is 5.75 Å². The molecular formula is C11H15NO3Si. The van der Waals surface area contributed by atoms with Gasteiger partial charge in [-0.1, -0.05) is 25.7 Å². The van der Waals surface area contributed by atoms with Crippen molar-refractivity contribution in [3.05, 3.63) is 22.7 Å². The third-order valence-corrected chi connectivity index (χ3v) is 4.58. The van der Waals surface area contributed by atoms with Crippen molar-refractivity contribution in [3.63, 3.8) is 0 Å². The van der Waals surface area contributed by atoms with E-state index in [-0.39, 0.29) is 0 Å². The number of hydrogen-bond donors (Lipinski definition) is 1. The number of methoxy groups -OCH3 is 1. The maximum atomic E-state index is 11.3. The van der Waals surface area contributed by atoms with Crippen LogP contribution in [0.25, 0.3) is 11.1 Å². The molecule has 1 heterocycles. The molecule has 0 radical (unpaired) electrons. The lowest BCUT2D eigenvalue weighted by molar-refractivity contribution is 0.419. The van der Waals surface area contributed by atoms with Crippen LogP contribution in [0.15, 0.2) is 21.3 Å². The van der Waals surface area contributed by atoms with E-state index in [1.807, 2.05) is 12.1 Å². The molecule has 16 heavy (non-hydrogen) atoms. The van der Waals surface area contributed by atoms with Crippen LogP contribution in [0.4, 0.5) is 0 Å². The van der Waals surface area contributed by atoms with Crippen LogP contribution in [-0.2, 0) is 0 Å². The molecule has 5 heteroatoms. The number of fused-ring (bicyclic) bond motifs is 1. The van der Waals surface area contributed by atoms with Crippen LogP contribution in [0.1, 0.15) is 0 Å². The zero-order valence-electron chi connectivity index (χ0n) is 9.88. The number of H-pyrrole nitrogens is 1. The molecule has 1 N–H and O–H groups in total. The van der Waals surface area contributed by atoms with Crippen molar-refractivity contribution in [2.45, 2.75) is 19.6 Å². The number of rotatable bonds is 2. The van der Waals surface area contributed by atoms with Gasteiger partial charge in [0.1, 0.15) is 11.3 Å². The van der Waals surface area contributed by atoms with Crippen LogP contribution >= 0.6 is 0 Å². The molecule has 0 saturated carbocycles. The molecule has 0 bridgehead atoms. The van der Waals surface area contributed by atoms with E-state index in [1.165, 1.54) is 0 Å². The molecule has 2 aromatic rings. The number of oxazole rings is 1. The van der Waals surface area contributed by atoms with Crippen LogP contribution in [0.2, 0.25) is 19.6 Å². The van der Waals surface area contributed by atoms with E-state index in [0.29, 0.717) is 16.8 Å². The lowest BCUT2D eigenvalue weighted by Gasteiger charge is -2.16. The predicted octanol–water partition coefficient (Wildman–Crippen LogP) is 1.67. The number of ether oxygens (including phenoxy) is 1. The molecule has 1 aromatic heterocycles. The van der Waals surface area contributed by atoms with E-state index in [1.54, 1.807) is 7.11 Å². The third kappa shape index (κ3) is 1.67. The summed E-state index contributed by atoms with van der Waals surface area (Å²) in [5, 5.41) is 1.13. The average molecular weight is 237 g/mol. The second-order valence-corrected chi connectivity index (χ2v) is 9.82. The Bertz CT molecular complexity index is 577. The van der Waals surface area contributed by atoms with E-state index >= 15 is 0 Å². The molecule has 86 valence electrons. The maximum absolute atomic E-state index is 11.3. The van der Waals surface area contributed by atoms with Crippen LogP contribution < -0.4 is 15.7 Å². The highest BCUT2D eigenvalue weighted by atomic mass is 28.3. The van der Waals surface area contributed by atoms with E-state index in [0.717, 1.165) is 5.19 Å². The Morgan fingerprint density at radius 3 is 2.56 bits per heavy atom. The Hall–Kier alpha value is -1.49. The molecule has 0 aliphatic heterocycles. The zero-order valence-corrected chi connectivity index (χ0v) is 10.9.